The van der Waals surface area contributed by atoms with Gasteiger partial charge in [0.1, 0.15) is 0 Å². The second kappa shape index (κ2) is 3.18. The Kier molecular flexibility index (Phi) is 2.49. The Morgan fingerprint density at radius 2 is 2.33 bits per heavy atom. The fourth-order valence-corrected chi connectivity index (χ4v) is 1.18. The Labute approximate surface area is 56.4 Å². The first-order valence-corrected chi connectivity index (χ1v) is 3.68. The maximum atomic E-state index is 5.64. The topological polar surface area (TPSA) is 35.2 Å². The molecule has 1 aliphatic rings. The summed E-state index contributed by atoms with van der Waals surface area (Å²) in [6, 6.07) is 0.213. The fourth-order valence-electron chi connectivity index (χ4n) is 1.18. The molecule has 0 bridgehead atoms. The number of rotatable bonds is 1. The van der Waals surface area contributed by atoms with Crippen molar-refractivity contribution in [3.05, 3.63) is 0 Å². The van der Waals surface area contributed by atoms with E-state index in [0.29, 0.717) is 6.10 Å². The highest BCUT2D eigenvalue weighted by Crippen LogP contribution is 2.13. The predicted molar refractivity (Wildman–Crippen MR) is 37.2 cm³/mol. The van der Waals surface area contributed by atoms with E-state index in [0.717, 1.165) is 13.0 Å². The van der Waals surface area contributed by atoms with Gasteiger partial charge in [-0.15, -0.1) is 0 Å². The van der Waals surface area contributed by atoms with Gasteiger partial charge in [-0.25, -0.2) is 0 Å². The average Bonchev–Trinajstić information content (AvgIpc) is 1.90. The average molecular weight is 129 g/mol. The SMILES string of the molecule is C[C@H](N)[C@H]1CCCCO1. The molecule has 2 nitrogen and oxygen atoms in total. The summed E-state index contributed by atoms with van der Waals surface area (Å²) in [4.78, 5) is 0. The van der Waals surface area contributed by atoms with Crippen LogP contribution in [0.2, 0.25) is 0 Å². The van der Waals surface area contributed by atoms with Crippen molar-refractivity contribution in [2.45, 2.75) is 38.3 Å². The van der Waals surface area contributed by atoms with Crippen molar-refractivity contribution in [2.75, 3.05) is 6.61 Å². The first-order chi connectivity index (χ1) is 4.30. The normalized spacial score (nSPS) is 32.0. The maximum Gasteiger partial charge on any atom is 0.0723 e. The zero-order valence-corrected chi connectivity index (χ0v) is 5.97. The van der Waals surface area contributed by atoms with Crippen LogP contribution in [0.5, 0.6) is 0 Å². The summed E-state index contributed by atoms with van der Waals surface area (Å²) in [7, 11) is 0. The molecule has 1 aliphatic heterocycles. The largest absolute Gasteiger partial charge is 0.377 e. The molecule has 2 N–H and O–H groups in total. The zero-order valence-electron chi connectivity index (χ0n) is 5.97. The Balaban J connectivity index is 2.23. The minimum atomic E-state index is 0.213. The predicted octanol–water partition coefficient (Wildman–Crippen LogP) is 0.903. The van der Waals surface area contributed by atoms with E-state index in [-0.39, 0.29) is 6.04 Å². The van der Waals surface area contributed by atoms with Crippen LogP contribution in [0, 0.1) is 0 Å². The Bertz CT molecular complexity index is 77.0. The molecule has 0 radical (unpaired) electrons. The van der Waals surface area contributed by atoms with Gasteiger partial charge in [0.2, 0.25) is 0 Å². The molecule has 0 unspecified atom stereocenters. The first kappa shape index (κ1) is 7.03. The lowest BCUT2D eigenvalue weighted by atomic mass is 10.0. The summed E-state index contributed by atoms with van der Waals surface area (Å²) in [6.07, 6.45) is 3.98. The van der Waals surface area contributed by atoms with Crippen LogP contribution in [-0.2, 0) is 4.74 Å². The number of nitrogens with two attached hydrogens (primary N) is 1. The third-order valence-corrected chi connectivity index (χ3v) is 1.80. The lowest BCUT2D eigenvalue weighted by Crippen LogP contribution is -2.36. The summed E-state index contributed by atoms with van der Waals surface area (Å²) in [5.41, 5.74) is 5.64. The fraction of sp³-hybridized carbons (Fsp3) is 1.00. The van der Waals surface area contributed by atoms with Crippen LogP contribution in [0.4, 0.5) is 0 Å². The lowest BCUT2D eigenvalue weighted by Gasteiger charge is -2.25. The van der Waals surface area contributed by atoms with Gasteiger partial charge in [0.15, 0.2) is 0 Å². The number of hydrogen-bond donors (Lipinski definition) is 1. The number of hydrogen-bond acceptors (Lipinski definition) is 2. The monoisotopic (exact) mass is 129 g/mol. The molecule has 9 heavy (non-hydrogen) atoms. The number of ether oxygens (including phenoxy) is 1. The van der Waals surface area contributed by atoms with Gasteiger partial charge in [0.05, 0.1) is 6.10 Å². The third-order valence-electron chi connectivity index (χ3n) is 1.80. The van der Waals surface area contributed by atoms with E-state index in [4.69, 9.17) is 10.5 Å². The van der Waals surface area contributed by atoms with E-state index in [1.807, 2.05) is 6.92 Å². The van der Waals surface area contributed by atoms with Gasteiger partial charge < -0.3 is 10.5 Å². The second-order valence-corrected chi connectivity index (χ2v) is 2.76. The van der Waals surface area contributed by atoms with Gasteiger partial charge in [-0.3, -0.25) is 0 Å². The van der Waals surface area contributed by atoms with Gasteiger partial charge >= 0.3 is 0 Å². The van der Waals surface area contributed by atoms with Crippen LogP contribution in [0.25, 0.3) is 0 Å². The molecule has 2 heteroatoms. The van der Waals surface area contributed by atoms with E-state index < -0.39 is 0 Å². The lowest BCUT2D eigenvalue weighted by molar-refractivity contribution is 0.00403. The molecule has 1 saturated heterocycles. The summed E-state index contributed by atoms with van der Waals surface area (Å²) in [5, 5.41) is 0. The molecule has 0 aliphatic carbocycles. The molecule has 0 amide bonds. The highest BCUT2D eigenvalue weighted by Gasteiger charge is 2.16. The quantitative estimate of drug-likeness (QED) is 0.571. The van der Waals surface area contributed by atoms with Gasteiger partial charge in [0, 0.05) is 12.6 Å². The van der Waals surface area contributed by atoms with E-state index in [9.17, 15) is 0 Å². The molecule has 1 fully saturated rings. The molecule has 0 spiro atoms. The minimum absolute atomic E-state index is 0.213. The highest BCUT2D eigenvalue weighted by molar-refractivity contribution is 4.71. The molecule has 1 heterocycles. The summed E-state index contributed by atoms with van der Waals surface area (Å²) >= 11 is 0. The molecule has 1 rings (SSSR count). The van der Waals surface area contributed by atoms with Gasteiger partial charge in [-0.2, -0.15) is 0 Å². The van der Waals surface area contributed by atoms with Crippen molar-refractivity contribution in [2.24, 2.45) is 5.73 Å². The van der Waals surface area contributed by atoms with Crippen molar-refractivity contribution >= 4 is 0 Å². The zero-order chi connectivity index (χ0) is 6.69. The van der Waals surface area contributed by atoms with Crippen LogP contribution in [-0.4, -0.2) is 18.8 Å². The van der Waals surface area contributed by atoms with Crippen LogP contribution >= 0.6 is 0 Å². The Morgan fingerprint density at radius 3 is 2.67 bits per heavy atom. The maximum absolute atomic E-state index is 5.64. The van der Waals surface area contributed by atoms with Crippen molar-refractivity contribution in [3.63, 3.8) is 0 Å². The Hall–Kier alpha value is -0.0800. The van der Waals surface area contributed by atoms with E-state index in [1.54, 1.807) is 0 Å². The standard InChI is InChI=1S/C7H15NO/c1-6(8)7-4-2-3-5-9-7/h6-7H,2-5,8H2,1H3/t6-,7+/m0/s1. The molecule has 0 aromatic heterocycles. The van der Waals surface area contributed by atoms with Gasteiger partial charge in [0.25, 0.3) is 0 Å². The van der Waals surface area contributed by atoms with Crippen molar-refractivity contribution in [1.82, 2.24) is 0 Å². The third kappa shape index (κ3) is 1.95. The van der Waals surface area contributed by atoms with E-state index >= 15 is 0 Å². The highest BCUT2D eigenvalue weighted by atomic mass is 16.5. The van der Waals surface area contributed by atoms with Gasteiger partial charge in [-0.05, 0) is 26.2 Å². The van der Waals surface area contributed by atoms with E-state index in [1.165, 1.54) is 12.8 Å². The van der Waals surface area contributed by atoms with Crippen LogP contribution in [0.1, 0.15) is 26.2 Å². The van der Waals surface area contributed by atoms with Gasteiger partial charge in [-0.1, -0.05) is 0 Å². The molecular weight excluding hydrogens is 114 g/mol. The van der Waals surface area contributed by atoms with Crippen LogP contribution < -0.4 is 5.73 Å². The molecule has 0 aromatic carbocycles. The molecule has 0 saturated carbocycles. The first-order valence-electron chi connectivity index (χ1n) is 3.68. The summed E-state index contributed by atoms with van der Waals surface area (Å²) < 4.78 is 5.41. The molecular formula is C7H15NO. The van der Waals surface area contributed by atoms with Crippen LogP contribution in [0.15, 0.2) is 0 Å². The minimum Gasteiger partial charge on any atom is -0.377 e. The summed E-state index contributed by atoms with van der Waals surface area (Å²) in [5.74, 6) is 0. The van der Waals surface area contributed by atoms with Crippen LogP contribution in [0.3, 0.4) is 0 Å². The van der Waals surface area contributed by atoms with Crippen molar-refractivity contribution in [3.8, 4) is 0 Å². The van der Waals surface area contributed by atoms with E-state index in [2.05, 4.69) is 0 Å². The smallest absolute Gasteiger partial charge is 0.0723 e. The Morgan fingerprint density at radius 1 is 1.56 bits per heavy atom. The van der Waals surface area contributed by atoms with Crippen molar-refractivity contribution in [1.29, 1.82) is 0 Å². The molecule has 2 atom stereocenters. The molecule has 54 valence electrons. The molecule has 0 aromatic rings. The second-order valence-electron chi connectivity index (χ2n) is 2.76. The summed E-state index contributed by atoms with van der Waals surface area (Å²) in [6.45, 7) is 2.92. The van der Waals surface area contributed by atoms with Crippen molar-refractivity contribution < 1.29 is 4.74 Å².